The molecule has 1 aromatic carbocycles. The van der Waals surface area contributed by atoms with Gasteiger partial charge in [0.1, 0.15) is 11.9 Å². The van der Waals surface area contributed by atoms with Crippen LogP contribution in [0.2, 0.25) is 0 Å². The van der Waals surface area contributed by atoms with Gasteiger partial charge in [-0.15, -0.1) is 0 Å². The van der Waals surface area contributed by atoms with Crippen LogP contribution in [0, 0.1) is 17.7 Å². The Labute approximate surface area is 180 Å². The van der Waals surface area contributed by atoms with E-state index in [9.17, 15) is 18.8 Å². The van der Waals surface area contributed by atoms with Gasteiger partial charge in [-0.1, -0.05) is 26.0 Å². The van der Waals surface area contributed by atoms with Crippen LogP contribution in [-0.4, -0.2) is 40.5 Å². The smallest absolute Gasteiger partial charge is 0.318 e. The van der Waals surface area contributed by atoms with Crippen LogP contribution in [-0.2, 0) is 11.3 Å². The number of amides is 3. The van der Waals surface area contributed by atoms with Crippen LogP contribution in [0.25, 0.3) is 0 Å². The third kappa shape index (κ3) is 4.47. The van der Waals surface area contributed by atoms with E-state index in [-0.39, 0.29) is 35.3 Å². The lowest BCUT2D eigenvalue weighted by molar-refractivity contribution is -0.118. The number of aromatic nitrogens is 1. The normalized spacial score (nSPS) is 20.7. The van der Waals surface area contributed by atoms with E-state index in [2.05, 4.69) is 10.6 Å². The standard InChI is InChI=1S/C23H27FN4O3/c1-14(2)21(22(30)25-18-6-3-5-17(24)10-18)26-23(31)27-11-15-9-16(13-27)19-7-4-8-20(29)28(19)12-15/h3-8,10,14-16,21H,9,11-13H2,1-2H3,(H,25,30)(H,26,31)/t15?,16?,21-/m0/s1. The molecule has 2 N–H and O–H groups in total. The maximum atomic E-state index is 13.4. The van der Waals surface area contributed by atoms with Gasteiger partial charge in [-0.25, -0.2) is 9.18 Å². The summed E-state index contributed by atoms with van der Waals surface area (Å²) in [5.74, 6) is -0.673. The van der Waals surface area contributed by atoms with Crippen molar-refractivity contribution in [2.75, 3.05) is 18.4 Å². The molecule has 2 aliphatic heterocycles. The third-order valence-electron chi connectivity index (χ3n) is 6.09. The van der Waals surface area contributed by atoms with Crippen molar-refractivity contribution in [3.63, 3.8) is 0 Å². The van der Waals surface area contributed by atoms with Crippen molar-refractivity contribution >= 4 is 17.6 Å². The Morgan fingerprint density at radius 3 is 2.61 bits per heavy atom. The summed E-state index contributed by atoms with van der Waals surface area (Å²) >= 11 is 0. The summed E-state index contributed by atoms with van der Waals surface area (Å²) in [5.41, 5.74) is 1.31. The number of nitrogens with zero attached hydrogens (tertiary/aromatic N) is 2. The van der Waals surface area contributed by atoms with Crippen molar-refractivity contribution < 1.29 is 14.0 Å². The first-order chi connectivity index (χ1) is 14.8. The number of carbonyl (C=O) groups is 2. The summed E-state index contributed by atoms with van der Waals surface area (Å²) in [6.07, 6.45) is 0.945. The molecular weight excluding hydrogens is 399 g/mol. The van der Waals surface area contributed by atoms with Crippen LogP contribution >= 0.6 is 0 Å². The molecule has 0 aliphatic carbocycles. The number of nitrogens with one attached hydrogen (secondary N) is 2. The molecule has 164 valence electrons. The van der Waals surface area contributed by atoms with Crippen molar-refractivity contribution in [3.8, 4) is 0 Å². The van der Waals surface area contributed by atoms with E-state index < -0.39 is 11.9 Å². The average Bonchev–Trinajstić information content (AvgIpc) is 2.72. The van der Waals surface area contributed by atoms with Gasteiger partial charge in [-0.2, -0.15) is 0 Å². The van der Waals surface area contributed by atoms with Crippen molar-refractivity contribution in [1.82, 2.24) is 14.8 Å². The zero-order chi connectivity index (χ0) is 22.1. The molecule has 2 aromatic rings. The van der Waals surface area contributed by atoms with Gasteiger partial charge in [0, 0.05) is 43.0 Å². The van der Waals surface area contributed by atoms with Crippen molar-refractivity contribution in [2.24, 2.45) is 11.8 Å². The highest BCUT2D eigenvalue weighted by Crippen LogP contribution is 2.34. The highest BCUT2D eigenvalue weighted by Gasteiger charge is 2.37. The van der Waals surface area contributed by atoms with Crippen LogP contribution in [0.3, 0.4) is 0 Å². The Morgan fingerprint density at radius 2 is 1.87 bits per heavy atom. The van der Waals surface area contributed by atoms with Gasteiger partial charge in [0.2, 0.25) is 5.91 Å². The summed E-state index contributed by atoms with van der Waals surface area (Å²) in [6, 6.07) is 9.89. The predicted octanol–water partition coefficient (Wildman–Crippen LogP) is 2.78. The molecular formula is C23H27FN4O3. The highest BCUT2D eigenvalue weighted by atomic mass is 19.1. The molecule has 0 spiro atoms. The van der Waals surface area contributed by atoms with Crippen LogP contribution in [0.1, 0.15) is 31.9 Å². The van der Waals surface area contributed by atoms with Gasteiger partial charge in [0.25, 0.3) is 5.56 Å². The number of urea groups is 1. The fourth-order valence-corrected chi connectivity index (χ4v) is 4.61. The van der Waals surface area contributed by atoms with Gasteiger partial charge in [-0.3, -0.25) is 9.59 Å². The molecule has 2 bridgehead atoms. The maximum Gasteiger partial charge on any atom is 0.318 e. The molecule has 3 atom stereocenters. The first kappa shape index (κ1) is 21.1. The maximum absolute atomic E-state index is 13.4. The molecule has 1 fully saturated rings. The van der Waals surface area contributed by atoms with Gasteiger partial charge in [0.15, 0.2) is 0 Å². The van der Waals surface area contributed by atoms with E-state index in [1.165, 1.54) is 18.2 Å². The molecule has 31 heavy (non-hydrogen) atoms. The Bertz CT molecular complexity index is 1050. The highest BCUT2D eigenvalue weighted by molar-refractivity contribution is 5.97. The van der Waals surface area contributed by atoms with Gasteiger partial charge >= 0.3 is 6.03 Å². The number of benzene rings is 1. The molecule has 3 heterocycles. The Morgan fingerprint density at radius 1 is 1.10 bits per heavy atom. The van der Waals surface area contributed by atoms with Crippen molar-refractivity contribution in [3.05, 3.63) is 64.3 Å². The number of piperidine rings is 1. The van der Waals surface area contributed by atoms with Crippen molar-refractivity contribution in [1.29, 1.82) is 0 Å². The molecule has 2 unspecified atom stereocenters. The molecule has 7 nitrogen and oxygen atoms in total. The second-order valence-electron chi connectivity index (χ2n) is 8.77. The fourth-order valence-electron chi connectivity index (χ4n) is 4.61. The molecule has 8 heteroatoms. The van der Waals surface area contributed by atoms with E-state index in [0.29, 0.717) is 25.3 Å². The summed E-state index contributed by atoms with van der Waals surface area (Å²) in [5, 5.41) is 5.54. The molecule has 1 aromatic heterocycles. The Hall–Kier alpha value is -3.16. The van der Waals surface area contributed by atoms with Crippen LogP contribution in [0.5, 0.6) is 0 Å². The SMILES string of the molecule is CC(C)[C@H](NC(=O)N1CC2CC(C1)c1cccc(=O)n1C2)C(=O)Nc1cccc(F)c1. The predicted molar refractivity (Wildman–Crippen MR) is 115 cm³/mol. The average molecular weight is 426 g/mol. The number of hydrogen-bond donors (Lipinski definition) is 2. The topological polar surface area (TPSA) is 83.4 Å². The summed E-state index contributed by atoms with van der Waals surface area (Å²) in [7, 11) is 0. The second-order valence-corrected chi connectivity index (χ2v) is 8.77. The molecule has 3 amide bonds. The number of likely N-dealkylation sites (tertiary alicyclic amines) is 1. The molecule has 1 saturated heterocycles. The molecule has 4 rings (SSSR count). The number of halogens is 1. The molecule has 0 radical (unpaired) electrons. The minimum Gasteiger partial charge on any atom is -0.326 e. The van der Waals surface area contributed by atoms with E-state index in [1.54, 1.807) is 23.1 Å². The van der Waals surface area contributed by atoms with Gasteiger partial charge in [-0.05, 0) is 42.5 Å². The van der Waals surface area contributed by atoms with Gasteiger partial charge < -0.3 is 20.1 Å². The van der Waals surface area contributed by atoms with Crippen LogP contribution in [0.15, 0.2) is 47.3 Å². The Kier molecular flexibility index (Phi) is 5.80. The number of fused-ring (bicyclic) bond motifs is 4. The lowest BCUT2D eigenvalue weighted by Crippen LogP contribution is -2.56. The van der Waals surface area contributed by atoms with Crippen LogP contribution in [0.4, 0.5) is 14.9 Å². The zero-order valence-corrected chi connectivity index (χ0v) is 17.7. The number of rotatable bonds is 4. The van der Waals surface area contributed by atoms with E-state index >= 15 is 0 Å². The number of anilines is 1. The number of pyridine rings is 1. The zero-order valence-electron chi connectivity index (χ0n) is 17.7. The summed E-state index contributed by atoms with van der Waals surface area (Å²) in [4.78, 5) is 39.7. The minimum atomic E-state index is -0.757. The third-order valence-corrected chi connectivity index (χ3v) is 6.09. The second kappa shape index (κ2) is 8.53. The first-order valence-electron chi connectivity index (χ1n) is 10.6. The monoisotopic (exact) mass is 426 g/mol. The lowest BCUT2D eigenvalue weighted by atomic mass is 9.83. The minimum absolute atomic E-state index is 0.000932. The fraction of sp³-hybridized carbons (Fsp3) is 0.435. The quantitative estimate of drug-likeness (QED) is 0.789. The first-order valence-corrected chi connectivity index (χ1v) is 10.6. The van der Waals surface area contributed by atoms with Crippen LogP contribution < -0.4 is 16.2 Å². The largest absolute Gasteiger partial charge is 0.326 e. The molecule has 2 aliphatic rings. The summed E-state index contributed by atoms with van der Waals surface area (Å²) in [6.45, 7) is 5.35. The van der Waals surface area contributed by atoms with Crippen molar-refractivity contribution in [2.45, 2.75) is 38.8 Å². The van der Waals surface area contributed by atoms with E-state index in [0.717, 1.165) is 12.1 Å². The van der Waals surface area contributed by atoms with Gasteiger partial charge in [0.05, 0.1) is 0 Å². The van der Waals surface area contributed by atoms with E-state index in [1.807, 2.05) is 24.5 Å². The number of hydrogen-bond acceptors (Lipinski definition) is 3. The molecule has 0 saturated carbocycles. The summed E-state index contributed by atoms with van der Waals surface area (Å²) < 4.78 is 15.2. The Balaban J connectivity index is 1.45. The number of carbonyl (C=O) groups excluding carboxylic acids is 2. The lowest BCUT2D eigenvalue weighted by Gasteiger charge is -2.43. The van der Waals surface area contributed by atoms with E-state index in [4.69, 9.17) is 0 Å².